The highest BCUT2D eigenvalue weighted by Gasteiger charge is 2.63. The summed E-state index contributed by atoms with van der Waals surface area (Å²) in [5.41, 5.74) is -0.393. The number of hydrogen-bond donors (Lipinski definition) is 7. The summed E-state index contributed by atoms with van der Waals surface area (Å²) < 4.78 is 4.96. The molecule has 2 rings (SSSR count). The molecule has 4 unspecified atom stereocenters. The summed E-state index contributed by atoms with van der Waals surface area (Å²) in [5, 5.41) is 67.6. The molecule has 0 bridgehead atoms. The van der Waals surface area contributed by atoms with Crippen LogP contribution in [0.4, 0.5) is 0 Å². The summed E-state index contributed by atoms with van der Waals surface area (Å²) in [6, 6.07) is 4.29. The average Bonchev–Trinajstić information content (AvgIpc) is 2.49. The van der Waals surface area contributed by atoms with Gasteiger partial charge in [0.1, 0.15) is 18.3 Å². The van der Waals surface area contributed by atoms with Crippen LogP contribution in [-0.2, 0) is 10.5 Å². The molecule has 1 aromatic carbocycles. The maximum Gasteiger partial charge on any atom is 0.335 e. The number of rotatable bonds is 3. The highest BCUT2D eigenvalue weighted by Crippen LogP contribution is 2.42. The van der Waals surface area contributed by atoms with Gasteiger partial charge in [0.05, 0.1) is 12.2 Å². The van der Waals surface area contributed by atoms with E-state index in [1.165, 1.54) is 0 Å². The quantitative estimate of drug-likeness (QED) is 0.294. The molecule has 0 radical (unpaired) electrons. The molecule has 1 saturated heterocycles. The van der Waals surface area contributed by atoms with E-state index in [4.69, 9.17) is 14.9 Å². The highest BCUT2D eigenvalue weighted by atomic mass is 16.7. The van der Waals surface area contributed by atoms with Gasteiger partial charge in [-0.2, -0.15) is 0 Å². The number of aliphatic hydroxyl groups is 6. The smallest absolute Gasteiger partial charge is 0.335 e. The summed E-state index contributed by atoms with van der Waals surface area (Å²) in [5.74, 6) is -7.40. The number of hydrogen-bond acceptors (Lipinski definition) is 8. The fraction of sp³-hybridized carbons (Fsp3) is 0.462. The second-order valence-electron chi connectivity index (χ2n) is 5.03. The second kappa shape index (κ2) is 5.56. The van der Waals surface area contributed by atoms with Gasteiger partial charge in [0.15, 0.2) is 0 Å². The minimum absolute atomic E-state index is 0.121. The molecule has 7 N–H and O–H groups in total. The third kappa shape index (κ3) is 2.38. The first-order chi connectivity index (χ1) is 10.1. The lowest BCUT2D eigenvalue weighted by Crippen LogP contribution is -2.71. The lowest BCUT2D eigenvalue weighted by molar-refractivity contribution is -0.456. The van der Waals surface area contributed by atoms with E-state index in [0.717, 1.165) is 24.3 Å². The molecule has 1 aromatic rings. The van der Waals surface area contributed by atoms with Crippen LogP contribution in [0.1, 0.15) is 15.9 Å². The van der Waals surface area contributed by atoms with Gasteiger partial charge in [-0.15, -0.1) is 0 Å². The van der Waals surface area contributed by atoms with E-state index in [-0.39, 0.29) is 11.1 Å². The summed E-state index contributed by atoms with van der Waals surface area (Å²) in [6.45, 7) is -0.802. The number of carboxylic acid groups (broad SMARTS) is 1. The van der Waals surface area contributed by atoms with E-state index in [1.54, 1.807) is 0 Å². The third-order valence-corrected chi connectivity index (χ3v) is 3.64. The number of carboxylic acids is 1. The molecule has 1 fully saturated rings. The Hall–Kier alpha value is -1.59. The maximum atomic E-state index is 10.8. The lowest BCUT2D eigenvalue weighted by Gasteiger charge is -2.50. The molecule has 0 saturated carbocycles. The fourth-order valence-electron chi connectivity index (χ4n) is 2.28. The highest BCUT2D eigenvalue weighted by molar-refractivity contribution is 5.87. The van der Waals surface area contributed by atoms with E-state index in [0.29, 0.717) is 0 Å². The van der Waals surface area contributed by atoms with Crippen LogP contribution in [0.5, 0.6) is 0 Å². The molecule has 1 heterocycles. The molecule has 9 heteroatoms. The lowest BCUT2D eigenvalue weighted by atomic mass is 9.85. The molecular weight excluding hydrogens is 300 g/mol. The largest absolute Gasteiger partial charge is 0.478 e. The van der Waals surface area contributed by atoms with Gasteiger partial charge < -0.3 is 40.5 Å². The Balaban J connectivity index is 2.46. The topological polar surface area (TPSA) is 168 Å². The van der Waals surface area contributed by atoms with Crippen molar-refractivity contribution in [3.05, 3.63) is 35.4 Å². The van der Waals surface area contributed by atoms with Crippen molar-refractivity contribution < 1.29 is 45.3 Å². The zero-order valence-corrected chi connectivity index (χ0v) is 11.2. The summed E-state index contributed by atoms with van der Waals surface area (Å²) in [6.07, 6.45) is -5.56. The Morgan fingerprint density at radius 2 is 1.68 bits per heavy atom. The van der Waals surface area contributed by atoms with Gasteiger partial charge >= 0.3 is 5.97 Å². The minimum atomic E-state index is -3.29. The number of aliphatic hydroxyl groups excluding tert-OH is 3. The van der Waals surface area contributed by atoms with E-state index >= 15 is 0 Å². The first-order valence-corrected chi connectivity index (χ1v) is 6.31. The Morgan fingerprint density at radius 1 is 1.14 bits per heavy atom. The normalized spacial score (nSPS) is 34.4. The van der Waals surface area contributed by atoms with Crippen LogP contribution in [0, 0.1) is 0 Å². The number of benzene rings is 1. The molecule has 0 spiro atoms. The Labute approximate surface area is 124 Å². The molecule has 9 nitrogen and oxygen atoms in total. The van der Waals surface area contributed by atoms with Crippen LogP contribution < -0.4 is 0 Å². The molecule has 0 aliphatic carbocycles. The zero-order chi connectivity index (χ0) is 16.7. The fourth-order valence-corrected chi connectivity index (χ4v) is 2.28. The van der Waals surface area contributed by atoms with Crippen molar-refractivity contribution >= 4 is 5.97 Å². The van der Waals surface area contributed by atoms with Crippen molar-refractivity contribution in [3.8, 4) is 0 Å². The van der Waals surface area contributed by atoms with Crippen molar-refractivity contribution in [3.63, 3.8) is 0 Å². The first kappa shape index (κ1) is 16.8. The van der Waals surface area contributed by atoms with Crippen LogP contribution in [0.15, 0.2) is 24.3 Å². The van der Waals surface area contributed by atoms with Gasteiger partial charge in [0, 0.05) is 5.56 Å². The summed E-state index contributed by atoms with van der Waals surface area (Å²) in [7, 11) is 0. The maximum absolute atomic E-state index is 10.8. The molecule has 1 aliphatic rings. The van der Waals surface area contributed by atoms with E-state index < -0.39 is 42.5 Å². The Bertz CT molecular complexity index is 555. The van der Waals surface area contributed by atoms with Crippen LogP contribution in [0.2, 0.25) is 0 Å². The number of carbonyl (C=O) groups is 1. The standard InChI is InChI=1S/C13H16O9/c14-5-8-9(15)10(16)12(19,20)13(21,22-8)7-3-1-6(2-4-7)11(17)18/h1-4,8-10,14-16,19-21H,5H2,(H,17,18). The first-order valence-electron chi connectivity index (χ1n) is 6.31. The average molecular weight is 316 g/mol. The van der Waals surface area contributed by atoms with Crippen LogP contribution in [-0.4, -0.2) is 72.4 Å². The molecule has 122 valence electrons. The van der Waals surface area contributed by atoms with Crippen LogP contribution >= 0.6 is 0 Å². The molecular formula is C13H16O9. The van der Waals surface area contributed by atoms with E-state index in [9.17, 15) is 30.3 Å². The minimum Gasteiger partial charge on any atom is -0.478 e. The summed E-state index contributed by atoms with van der Waals surface area (Å²) >= 11 is 0. The van der Waals surface area contributed by atoms with Crippen molar-refractivity contribution in [1.82, 2.24) is 0 Å². The van der Waals surface area contributed by atoms with Gasteiger partial charge in [-0.05, 0) is 12.1 Å². The third-order valence-electron chi connectivity index (χ3n) is 3.64. The van der Waals surface area contributed by atoms with Gasteiger partial charge in [0.2, 0.25) is 0 Å². The van der Waals surface area contributed by atoms with Gasteiger partial charge in [-0.1, -0.05) is 12.1 Å². The number of aromatic carboxylic acids is 1. The predicted octanol–water partition coefficient (Wildman–Crippen LogP) is -2.68. The van der Waals surface area contributed by atoms with Gasteiger partial charge in [-0.3, -0.25) is 0 Å². The monoisotopic (exact) mass is 316 g/mol. The van der Waals surface area contributed by atoms with Gasteiger partial charge in [0.25, 0.3) is 11.6 Å². The van der Waals surface area contributed by atoms with Crippen molar-refractivity contribution in [2.24, 2.45) is 0 Å². The van der Waals surface area contributed by atoms with Crippen molar-refractivity contribution in [2.45, 2.75) is 29.9 Å². The van der Waals surface area contributed by atoms with Crippen molar-refractivity contribution in [1.29, 1.82) is 0 Å². The molecule has 0 aromatic heterocycles. The zero-order valence-electron chi connectivity index (χ0n) is 11.2. The molecule has 1 aliphatic heterocycles. The van der Waals surface area contributed by atoms with E-state index in [2.05, 4.69) is 0 Å². The SMILES string of the molecule is O=C(O)c1ccc(C2(O)OC(CO)C(O)C(O)C2(O)O)cc1. The van der Waals surface area contributed by atoms with Crippen LogP contribution in [0.3, 0.4) is 0 Å². The number of ether oxygens (including phenoxy) is 1. The van der Waals surface area contributed by atoms with Crippen molar-refractivity contribution in [2.75, 3.05) is 6.61 Å². The Morgan fingerprint density at radius 3 is 2.14 bits per heavy atom. The van der Waals surface area contributed by atoms with E-state index in [1.807, 2.05) is 0 Å². The molecule has 22 heavy (non-hydrogen) atoms. The molecule has 4 atom stereocenters. The second-order valence-corrected chi connectivity index (χ2v) is 5.03. The van der Waals surface area contributed by atoms with Crippen LogP contribution in [0.25, 0.3) is 0 Å². The predicted molar refractivity (Wildman–Crippen MR) is 68.4 cm³/mol. The van der Waals surface area contributed by atoms with Gasteiger partial charge in [-0.25, -0.2) is 4.79 Å². The summed E-state index contributed by atoms with van der Waals surface area (Å²) in [4.78, 5) is 10.8. The molecule has 0 amide bonds. The Kier molecular flexibility index (Phi) is 4.24.